The van der Waals surface area contributed by atoms with Gasteiger partial charge in [-0.25, -0.2) is 4.79 Å². The third kappa shape index (κ3) is 4.44. The highest BCUT2D eigenvalue weighted by Crippen LogP contribution is 2.35. The van der Waals surface area contributed by atoms with E-state index in [1.54, 1.807) is 11.0 Å². The molecule has 0 aliphatic carbocycles. The number of amides is 1. The van der Waals surface area contributed by atoms with Gasteiger partial charge in [-0.1, -0.05) is 29.8 Å². The molecule has 0 unspecified atom stereocenters. The van der Waals surface area contributed by atoms with Crippen LogP contribution in [0.2, 0.25) is 5.02 Å². The van der Waals surface area contributed by atoms with Crippen LogP contribution >= 0.6 is 22.9 Å². The molecule has 1 aromatic heterocycles. The van der Waals surface area contributed by atoms with Crippen molar-refractivity contribution in [2.75, 3.05) is 19.7 Å². The fourth-order valence-corrected chi connectivity index (χ4v) is 4.34. The van der Waals surface area contributed by atoms with E-state index in [1.807, 2.05) is 38.1 Å². The number of fused-ring (bicyclic) bond motifs is 1. The second-order valence-corrected chi connectivity index (χ2v) is 7.74. The largest absolute Gasteiger partial charge is 0.452 e. The van der Waals surface area contributed by atoms with E-state index >= 15 is 0 Å². The number of nitrogens with zero attached hydrogens (tertiary/aromatic N) is 1. The second-order valence-electron chi connectivity index (χ2n) is 6.27. The predicted octanol–water partition coefficient (Wildman–Crippen LogP) is 3.75. The Balaban J connectivity index is 1.55. The highest BCUT2D eigenvalue weighted by atomic mass is 35.5. The van der Waals surface area contributed by atoms with Crippen LogP contribution in [0.1, 0.15) is 18.7 Å². The van der Waals surface area contributed by atoms with Crippen LogP contribution in [0.5, 0.6) is 0 Å². The minimum absolute atomic E-state index is 0.0200. The molecule has 1 amide bonds. The van der Waals surface area contributed by atoms with Crippen molar-refractivity contribution in [2.24, 2.45) is 0 Å². The first kappa shape index (κ1) is 18.9. The lowest BCUT2D eigenvalue weighted by Gasteiger charge is -2.35. The van der Waals surface area contributed by atoms with E-state index < -0.39 is 5.97 Å². The summed E-state index contributed by atoms with van der Waals surface area (Å²) in [6.45, 7) is 4.57. The van der Waals surface area contributed by atoms with Crippen LogP contribution in [0.4, 0.5) is 0 Å². The van der Waals surface area contributed by atoms with Crippen molar-refractivity contribution in [1.29, 1.82) is 0 Å². The zero-order valence-electron chi connectivity index (χ0n) is 14.6. The third-order valence-electron chi connectivity index (χ3n) is 4.04. The summed E-state index contributed by atoms with van der Waals surface area (Å²) in [5.41, 5.74) is 0. The topological polar surface area (TPSA) is 55.8 Å². The van der Waals surface area contributed by atoms with Crippen LogP contribution in [0, 0.1) is 0 Å². The standard InChI is InChI=1S/C19H20ClNO4S/c1-12-9-21(10-13(2)25-12)17(22)11-24-18(23)8-7-16-19(20)14-5-3-4-6-15(14)26-16/h3-8,12-13H,9-11H2,1-2H3/b8-7+/t12-,13-/m0/s1. The van der Waals surface area contributed by atoms with Crippen LogP contribution in [-0.2, 0) is 19.1 Å². The summed E-state index contributed by atoms with van der Waals surface area (Å²) in [5, 5.41) is 1.57. The summed E-state index contributed by atoms with van der Waals surface area (Å²) in [6, 6.07) is 7.77. The summed E-state index contributed by atoms with van der Waals surface area (Å²) in [4.78, 5) is 26.6. The number of carbonyl (C=O) groups is 2. The predicted molar refractivity (Wildman–Crippen MR) is 103 cm³/mol. The molecule has 7 heteroatoms. The molecule has 2 heterocycles. The molecule has 1 aromatic carbocycles. The quantitative estimate of drug-likeness (QED) is 0.586. The molecule has 3 rings (SSSR count). The molecule has 2 atom stereocenters. The molecule has 0 radical (unpaired) electrons. The number of esters is 1. The minimum atomic E-state index is -0.568. The average Bonchev–Trinajstić information content (AvgIpc) is 2.93. The van der Waals surface area contributed by atoms with Gasteiger partial charge in [-0.2, -0.15) is 0 Å². The second kappa shape index (κ2) is 8.20. The molecule has 5 nitrogen and oxygen atoms in total. The Kier molecular flexibility index (Phi) is 5.96. The number of carbonyl (C=O) groups excluding carboxylic acids is 2. The number of hydrogen-bond donors (Lipinski definition) is 0. The maximum absolute atomic E-state index is 12.2. The van der Waals surface area contributed by atoms with Gasteiger partial charge in [0.2, 0.25) is 0 Å². The molecule has 26 heavy (non-hydrogen) atoms. The van der Waals surface area contributed by atoms with Gasteiger partial charge < -0.3 is 14.4 Å². The summed E-state index contributed by atoms with van der Waals surface area (Å²) in [6.07, 6.45) is 2.88. The Morgan fingerprint density at radius 1 is 1.31 bits per heavy atom. The van der Waals surface area contributed by atoms with Crippen molar-refractivity contribution in [3.8, 4) is 0 Å². The van der Waals surface area contributed by atoms with E-state index in [0.717, 1.165) is 15.0 Å². The molecule has 1 aliphatic rings. The molecule has 138 valence electrons. The van der Waals surface area contributed by atoms with Gasteiger partial charge in [-0.05, 0) is 26.0 Å². The summed E-state index contributed by atoms with van der Waals surface area (Å²) >= 11 is 7.83. The number of hydrogen-bond acceptors (Lipinski definition) is 5. The fourth-order valence-electron chi connectivity index (χ4n) is 2.94. The molecule has 0 spiro atoms. The van der Waals surface area contributed by atoms with Gasteiger partial charge in [0.25, 0.3) is 5.91 Å². The number of benzene rings is 1. The molecule has 0 saturated carbocycles. The molecule has 1 saturated heterocycles. The van der Waals surface area contributed by atoms with Crippen LogP contribution in [0.3, 0.4) is 0 Å². The lowest BCUT2D eigenvalue weighted by Crippen LogP contribution is -2.49. The highest BCUT2D eigenvalue weighted by Gasteiger charge is 2.26. The van der Waals surface area contributed by atoms with Crippen molar-refractivity contribution in [2.45, 2.75) is 26.1 Å². The van der Waals surface area contributed by atoms with Crippen molar-refractivity contribution < 1.29 is 19.1 Å². The van der Waals surface area contributed by atoms with Crippen molar-refractivity contribution in [3.05, 3.63) is 40.2 Å². The van der Waals surface area contributed by atoms with E-state index in [0.29, 0.717) is 18.1 Å². The maximum Gasteiger partial charge on any atom is 0.331 e. The first-order chi connectivity index (χ1) is 12.4. The van der Waals surface area contributed by atoms with E-state index in [9.17, 15) is 9.59 Å². The molecule has 2 aromatic rings. The lowest BCUT2D eigenvalue weighted by molar-refractivity contribution is -0.154. The smallest absolute Gasteiger partial charge is 0.331 e. The molecular formula is C19H20ClNO4S. The molecule has 1 aliphatic heterocycles. The van der Waals surface area contributed by atoms with Crippen LogP contribution in [0.25, 0.3) is 16.2 Å². The van der Waals surface area contributed by atoms with E-state index in [4.69, 9.17) is 21.1 Å². The Hall–Kier alpha value is -1.89. The zero-order chi connectivity index (χ0) is 18.7. The van der Waals surface area contributed by atoms with Gasteiger partial charge in [0.05, 0.1) is 17.2 Å². The lowest BCUT2D eigenvalue weighted by atomic mass is 10.2. The Labute approximate surface area is 161 Å². The molecule has 1 fully saturated rings. The summed E-state index contributed by atoms with van der Waals surface area (Å²) < 4.78 is 11.7. The van der Waals surface area contributed by atoms with Crippen LogP contribution in [-0.4, -0.2) is 48.7 Å². The van der Waals surface area contributed by atoms with Crippen LogP contribution in [0.15, 0.2) is 30.3 Å². The number of morpholine rings is 1. The SMILES string of the molecule is C[C@H]1CN(C(=O)COC(=O)/C=C/c2sc3ccccc3c2Cl)C[C@H](C)O1. The summed E-state index contributed by atoms with van der Waals surface area (Å²) in [5.74, 6) is -0.783. The van der Waals surface area contributed by atoms with Gasteiger partial charge in [-0.15, -0.1) is 11.3 Å². The molecule has 0 bridgehead atoms. The minimum Gasteiger partial charge on any atom is -0.452 e. The Morgan fingerprint density at radius 3 is 2.69 bits per heavy atom. The monoisotopic (exact) mass is 393 g/mol. The highest BCUT2D eigenvalue weighted by molar-refractivity contribution is 7.20. The van der Waals surface area contributed by atoms with Gasteiger partial charge in [0.1, 0.15) is 0 Å². The molecular weight excluding hydrogens is 374 g/mol. The first-order valence-electron chi connectivity index (χ1n) is 8.39. The number of halogens is 1. The Bertz CT molecular complexity index is 837. The van der Waals surface area contributed by atoms with E-state index in [1.165, 1.54) is 17.4 Å². The van der Waals surface area contributed by atoms with Gasteiger partial charge in [-0.3, -0.25) is 4.79 Å². The van der Waals surface area contributed by atoms with E-state index in [-0.39, 0.29) is 24.7 Å². The van der Waals surface area contributed by atoms with Crippen molar-refractivity contribution >= 4 is 51.0 Å². The van der Waals surface area contributed by atoms with Gasteiger partial charge >= 0.3 is 5.97 Å². The number of ether oxygens (including phenoxy) is 2. The van der Waals surface area contributed by atoms with Crippen LogP contribution < -0.4 is 0 Å². The Morgan fingerprint density at radius 2 is 2.00 bits per heavy atom. The fraction of sp³-hybridized carbons (Fsp3) is 0.368. The summed E-state index contributed by atoms with van der Waals surface area (Å²) in [7, 11) is 0. The number of thiophene rings is 1. The van der Waals surface area contributed by atoms with Gasteiger partial charge in [0, 0.05) is 34.1 Å². The average molecular weight is 394 g/mol. The normalized spacial score (nSPS) is 20.7. The first-order valence-corrected chi connectivity index (χ1v) is 9.58. The molecule has 0 N–H and O–H groups in total. The maximum atomic E-state index is 12.2. The van der Waals surface area contributed by atoms with Crippen molar-refractivity contribution in [1.82, 2.24) is 4.90 Å². The van der Waals surface area contributed by atoms with Gasteiger partial charge in [0.15, 0.2) is 6.61 Å². The van der Waals surface area contributed by atoms with Crippen molar-refractivity contribution in [3.63, 3.8) is 0 Å². The zero-order valence-corrected chi connectivity index (χ0v) is 16.2. The van der Waals surface area contributed by atoms with E-state index in [2.05, 4.69) is 0 Å². The third-order valence-corrected chi connectivity index (χ3v) is 5.70. The number of rotatable bonds is 4.